The summed E-state index contributed by atoms with van der Waals surface area (Å²) in [6.45, 7) is 0. The summed E-state index contributed by atoms with van der Waals surface area (Å²) in [5.74, 6) is 0.412. The van der Waals surface area contributed by atoms with Crippen LogP contribution in [-0.4, -0.2) is 20.4 Å². The van der Waals surface area contributed by atoms with Crippen LogP contribution in [0.2, 0.25) is 0 Å². The van der Waals surface area contributed by atoms with Gasteiger partial charge in [-0.05, 0) is 48.5 Å². The van der Waals surface area contributed by atoms with Crippen molar-refractivity contribution in [2.45, 2.75) is 37.3 Å². The predicted molar refractivity (Wildman–Crippen MR) is 135 cm³/mol. The van der Waals surface area contributed by atoms with E-state index in [0.717, 1.165) is 0 Å². The summed E-state index contributed by atoms with van der Waals surface area (Å²) < 4.78 is 38.9. The Morgan fingerprint density at radius 1 is 0.553 bits per heavy atom. The second kappa shape index (κ2) is 10.7. The van der Waals surface area contributed by atoms with E-state index in [1.54, 1.807) is 48.5 Å². The van der Waals surface area contributed by atoms with Gasteiger partial charge in [0.15, 0.2) is 0 Å². The number of hydrogen-bond acceptors (Lipinski definition) is 6. The van der Waals surface area contributed by atoms with Gasteiger partial charge in [-0.2, -0.15) is 0 Å². The van der Waals surface area contributed by atoms with E-state index in [-0.39, 0.29) is 36.0 Å². The van der Waals surface area contributed by atoms with Gasteiger partial charge in [0.2, 0.25) is 0 Å². The normalized spacial score (nSPS) is 21.6. The SMILES string of the molecule is Oc1ccc2c(c1)C(O)CC(c1ccccc1F)O2.Oc1ccc2c(c1)C(O)CC(c1ccccc1F)O2. The Hall–Kier alpha value is -4.14. The van der Waals surface area contributed by atoms with E-state index in [2.05, 4.69) is 0 Å². The predicted octanol–water partition coefficient (Wildman–Crippen LogP) is 6.18. The molecule has 0 spiro atoms. The number of phenolic OH excluding ortho intramolecular Hbond substituents is 2. The van der Waals surface area contributed by atoms with Crippen LogP contribution in [0.3, 0.4) is 0 Å². The maximum Gasteiger partial charge on any atom is 0.130 e. The largest absolute Gasteiger partial charge is 0.508 e. The van der Waals surface area contributed by atoms with Gasteiger partial charge in [-0.1, -0.05) is 36.4 Å². The van der Waals surface area contributed by atoms with Crippen LogP contribution in [-0.2, 0) is 0 Å². The summed E-state index contributed by atoms with van der Waals surface area (Å²) in [7, 11) is 0. The number of ether oxygens (including phenoxy) is 2. The van der Waals surface area contributed by atoms with Gasteiger partial charge >= 0.3 is 0 Å². The van der Waals surface area contributed by atoms with E-state index in [1.165, 1.54) is 36.4 Å². The molecule has 0 radical (unpaired) electrons. The van der Waals surface area contributed by atoms with Crippen molar-refractivity contribution >= 4 is 0 Å². The van der Waals surface area contributed by atoms with E-state index >= 15 is 0 Å². The molecule has 2 heterocycles. The first-order chi connectivity index (χ1) is 18.3. The minimum atomic E-state index is -0.777. The average molecular weight is 521 g/mol. The summed E-state index contributed by atoms with van der Waals surface area (Å²) in [6.07, 6.45) is -2.07. The number of phenols is 2. The first kappa shape index (κ1) is 25.5. The Morgan fingerprint density at radius 2 is 0.947 bits per heavy atom. The molecule has 2 aliphatic heterocycles. The Morgan fingerprint density at radius 3 is 1.34 bits per heavy atom. The fourth-order valence-corrected chi connectivity index (χ4v) is 4.72. The van der Waals surface area contributed by atoms with Crippen molar-refractivity contribution in [1.82, 2.24) is 0 Å². The Bertz CT molecular complexity index is 1330. The van der Waals surface area contributed by atoms with E-state index in [9.17, 15) is 29.2 Å². The topological polar surface area (TPSA) is 99.4 Å². The molecule has 0 saturated heterocycles. The van der Waals surface area contributed by atoms with E-state index in [1.807, 2.05) is 0 Å². The Kier molecular flexibility index (Phi) is 7.18. The van der Waals surface area contributed by atoms with Crippen molar-refractivity contribution in [3.05, 3.63) is 119 Å². The summed E-state index contributed by atoms with van der Waals surface area (Å²) in [5, 5.41) is 39.0. The number of aliphatic hydroxyl groups excluding tert-OH is 2. The van der Waals surface area contributed by atoms with Crippen LogP contribution in [0.15, 0.2) is 84.9 Å². The zero-order chi connectivity index (χ0) is 26.8. The molecule has 4 unspecified atom stereocenters. The number of benzene rings is 4. The fourth-order valence-electron chi connectivity index (χ4n) is 4.72. The first-order valence-electron chi connectivity index (χ1n) is 12.1. The summed E-state index contributed by atoms with van der Waals surface area (Å²) in [4.78, 5) is 0. The van der Waals surface area contributed by atoms with Crippen molar-refractivity contribution in [2.75, 3.05) is 0 Å². The summed E-state index contributed by atoms with van der Waals surface area (Å²) in [6, 6.07) is 21.8. The number of aliphatic hydroxyl groups is 2. The molecule has 4 aromatic rings. The molecule has 2 aliphatic rings. The van der Waals surface area contributed by atoms with Crippen molar-refractivity contribution in [2.24, 2.45) is 0 Å². The van der Waals surface area contributed by atoms with Crippen LogP contribution in [0, 0.1) is 11.6 Å². The van der Waals surface area contributed by atoms with Crippen LogP contribution in [0.25, 0.3) is 0 Å². The lowest BCUT2D eigenvalue weighted by Crippen LogP contribution is -2.19. The molecule has 0 amide bonds. The molecule has 0 aromatic heterocycles. The van der Waals surface area contributed by atoms with Gasteiger partial charge in [0.1, 0.15) is 46.8 Å². The lowest BCUT2D eigenvalue weighted by Gasteiger charge is -2.30. The maximum absolute atomic E-state index is 13.7. The van der Waals surface area contributed by atoms with Gasteiger partial charge in [-0.25, -0.2) is 8.78 Å². The van der Waals surface area contributed by atoms with Crippen molar-refractivity contribution < 1.29 is 38.7 Å². The van der Waals surface area contributed by atoms with Crippen molar-refractivity contribution in [3.8, 4) is 23.0 Å². The zero-order valence-electron chi connectivity index (χ0n) is 20.2. The van der Waals surface area contributed by atoms with E-state index in [4.69, 9.17) is 9.47 Å². The van der Waals surface area contributed by atoms with Crippen LogP contribution in [0.1, 0.15) is 59.5 Å². The smallest absolute Gasteiger partial charge is 0.130 e. The minimum absolute atomic E-state index is 0.0748. The van der Waals surface area contributed by atoms with Gasteiger partial charge in [-0.3, -0.25) is 0 Å². The third-order valence-corrected chi connectivity index (χ3v) is 6.62. The van der Waals surface area contributed by atoms with Gasteiger partial charge < -0.3 is 29.9 Å². The highest BCUT2D eigenvalue weighted by molar-refractivity contribution is 5.44. The second-order valence-electron chi connectivity index (χ2n) is 9.20. The molecule has 0 aliphatic carbocycles. The Balaban J connectivity index is 0.000000155. The molecule has 4 N–H and O–H groups in total. The second-order valence-corrected chi connectivity index (χ2v) is 9.20. The molecule has 4 atom stereocenters. The molecule has 196 valence electrons. The quantitative estimate of drug-likeness (QED) is 0.252. The number of halogens is 2. The number of aromatic hydroxyl groups is 2. The number of rotatable bonds is 2. The fraction of sp³-hybridized carbons (Fsp3) is 0.200. The van der Waals surface area contributed by atoms with Crippen molar-refractivity contribution in [1.29, 1.82) is 0 Å². The van der Waals surface area contributed by atoms with Gasteiger partial charge in [-0.15, -0.1) is 0 Å². The maximum atomic E-state index is 13.7. The van der Waals surface area contributed by atoms with E-state index in [0.29, 0.717) is 33.8 Å². The van der Waals surface area contributed by atoms with E-state index < -0.39 is 24.4 Å². The van der Waals surface area contributed by atoms with Gasteiger partial charge in [0, 0.05) is 35.1 Å². The Labute approximate surface area is 218 Å². The molecule has 0 bridgehead atoms. The molecule has 6 rings (SSSR count). The number of hydrogen-bond donors (Lipinski definition) is 4. The lowest BCUT2D eigenvalue weighted by molar-refractivity contribution is 0.0633. The highest BCUT2D eigenvalue weighted by Crippen LogP contribution is 2.43. The summed E-state index contributed by atoms with van der Waals surface area (Å²) >= 11 is 0. The number of fused-ring (bicyclic) bond motifs is 2. The molecule has 4 aromatic carbocycles. The highest BCUT2D eigenvalue weighted by Gasteiger charge is 2.31. The molecular weight excluding hydrogens is 494 g/mol. The minimum Gasteiger partial charge on any atom is -0.508 e. The molecule has 0 fully saturated rings. The molecule has 8 heteroatoms. The van der Waals surface area contributed by atoms with Crippen LogP contribution >= 0.6 is 0 Å². The van der Waals surface area contributed by atoms with Crippen LogP contribution in [0.5, 0.6) is 23.0 Å². The monoisotopic (exact) mass is 520 g/mol. The third-order valence-electron chi connectivity index (χ3n) is 6.62. The zero-order valence-corrected chi connectivity index (χ0v) is 20.2. The molecule has 0 saturated carbocycles. The molecule has 38 heavy (non-hydrogen) atoms. The van der Waals surface area contributed by atoms with Crippen LogP contribution in [0.4, 0.5) is 8.78 Å². The van der Waals surface area contributed by atoms with Gasteiger partial charge in [0.05, 0.1) is 12.2 Å². The lowest BCUT2D eigenvalue weighted by atomic mass is 9.94. The van der Waals surface area contributed by atoms with Crippen molar-refractivity contribution in [3.63, 3.8) is 0 Å². The highest BCUT2D eigenvalue weighted by atomic mass is 19.1. The first-order valence-corrected chi connectivity index (χ1v) is 12.1. The third kappa shape index (κ3) is 5.27. The van der Waals surface area contributed by atoms with Gasteiger partial charge in [0.25, 0.3) is 0 Å². The van der Waals surface area contributed by atoms with Crippen LogP contribution < -0.4 is 9.47 Å². The molecule has 6 nitrogen and oxygen atoms in total. The standard InChI is InChI=1S/2C15H13FO3/c2*16-12-4-2-1-3-10(12)15-8-13(18)11-7-9(17)5-6-14(11)19-15/h2*1-7,13,15,17-18H,8H2. The summed E-state index contributed by atoms with van der Waals surface area (Å²) in [5.41, 5.74) is 1.93. The average Bonchev–Trinajstić information content (AvgIpc) is 2.90. The molecular formula is C30H26F2O6.